The molecule has 0 aliphatic carbocycles. The number of rotatable bonds is 5. The molecule has 1 unspecified atom stereocenters. The highest BCUT2D eigenvalue weighted by atomic mass is 15.1. The molecule has 1 aromatic carbocycles. The average Bonchev–Trinajstić information content (AvgIpc) is 2.43. The number of hydrogen-bond donors (Lipinski definition) is 1. The van der Waals surface area contributed by atoms with Gasteiger partial charge in [-0.3, -0.25) is 0 Å². The Hall–Kier alpha value is -0.860. The van der Waals surface area contributed by atoms with Crippen LogP contribution in [0.4, 0.5) is 0 Å². The van der Waals surface area contributed by atoms with Crippen LogP contribution in [0.1, 0.15) is 43.4 Å². The molecule has 19 heavy (non-hydrogen) atoms. The topological polar surface area (TPSA) is 15.3 Å². The fourth-order valence-corrected chi connectivity index (χ4v) is 2.87. The first kappa shape index (κ1) is 14.5. The van der Waals surface area contributed by atoms with E-state index in [9.17, 15) is 0 Å². The zero-order valence-corrected chi connectivity index (χ0v) is 12.7. The number of benzene rings is 1. The maximum Gasteiger partial charge on any atom is 0.0317 e. The molecule has 1 aliphatic rings. The molecule has 0 radical (unpaired) electrons. The lowest BCUT2D eigenvalue weighted by Crippen LogP contribution is -2.36. The lowest BCUT2D eigenvalue weighted by atomic mass is 9.96. The standard InChI is InChI=1S/C17H28N2/c1-4-17(16-7-5-14(2)6-8-16)18-13-15-9-11-19(3)12-10-15/h5-8,15,17-18H,4,9-13H2,1-3H3. The Morgan fingerprint density at radius 1 is 1.21 bits per heavy atom. The predicted molar refractivity (Wildman–Crippen MR) is 82.4 cm³/mol. The second-order valence-electron chi connectivity index (χ2n) is 6.03. The molecule has 1 fully saturated rings. The van der Waals surface area contributed by atoms with Crippen molar-refractivity contribution < 1.29 is 0 Å². The Balaban J connectivity index is 1.84. The van der Waals surface area contributed by atoms with Crippen LogP contribution in [0.5, 0.6) is 0 Å². The lowest BCUT2D eigenvalue weighted by Gasteiger charge is -2.30. The Morgan fingerprint density at radius 3 is 2.42 bits per heavy atom. The van der Waals surface area contributed by atoms with E-state index in [0.717, 1.165) is 12.3 Å². The van der Waals surface area contributed by atoms with Crippen LogP contribution >= 0.6 is 0 Å². The molecule has 0 spiro atoms. The van der Waals surface area contributed by atoms with Crippen LogP contribution in [0.3, 0.4) is 0 Å². The summed E-state index contributed by atoms with van der Waals surface area (Å²) in [4.78, 5) is 2.44. The minimum atomic E-state index is 0.514. The first-order valence-electron chi connectivity index (χ1n) is 7.67. The molecule has 1 N–H and O–H groups in total. The summed E-state index contributed by atoms with van der Waals surface area (Å²) in [6.07, 6.45) is 3.84. The van der Waals surface area contributed by atoms with Crippen LogP contribution in [-0.4, -0.2) is 31.6 Å². The zero-order chi connectivity index (χ0) is 13.7. The van der Waals surface area contributed by atoms with E-state index in [4.69, 9.17) is 0 Å². The Morgan fingerprint density at radius 2 is 1.84 bits per heavy atom. The van der Waals surface area contributed by atoms with Crippen molar-refractivity contribution in [1.29, 1.82) is 0 Å². The second-order valence-corrected chi connectivity index (χ2v) is 6.03. The third-order valence-electron chi connectivity index (χ3n) is 4.38. The number of nitrogens with zero attached hydrogens (tertiary/aromatic N) is 1. The van der Waals surface area contributed by atoms with E-state index in [1.54, 1.807) is 0 Å². The molecule has 1 aliphatic heterocycles. The van der Waals surface area contributed by atoms with Gasteiger partial charge in [-0.1, -0.05) is 36.8 Å². The summed E-state index contributed by atoms with van der Waals surface area (Å²) >= 11 is 0. The van der Waals surface area contributed by atoms with Crippen LogP contribution in [0, 0.1) is 12.8 Å². The quantitative estimate of drug-likeness (QED) is 0.873. The first-order chi connectivity index (χ1) is 9.19. The molecule has 1 aromatic rings. The van der Waals surface area contributed by atoms with E-state index < -0.39 is 0 Å². The summed E-state index contributed by atoms with van der Waals surface area (Å²) in [5.74, 6) is 0.857. The third-order valence-corrected chi connectivity index (χ3v) is 4.38. The first-order valence-corrected chi connectivity index (χ1v) is 7.67. The molecular weight excluding hydrogens is 232 g/mol. The van der Waals surface area contributed by atoms with E-state index in [0.29, 0.717) is 6.04 Å². The third kappa shape index (κ3) is 4.32. The van der Waals surface area contributed by atoms with Crippen molar-refractivity contribution in [1.82, 2.24) is 10.2 Å². The summed E-state index contributed by atoms with van der Waals surface area (Å²) < 4.78 is 0. The van der Waals surface area contributed by atoms with Crippen LogP contribution in [0.25, 0.3) is 0 Å². The average molecular weight is 260 g/mol. The van der Waals surface area contributed by atoms with Crippen molar-refractivity contribution in [3.05, 3.63) is 35.4 Å². The van der Waals surface area contributed by atoms with Crippen LogP contribution < -0.4 is 5.32 Å². The van der Waals surface area contributed by atoms with Gasteiger partial charge >= 0.3 is 0 Å². The molecular formula is C17H28N2. The van der Waals surface area contributed by atoms with Crippen molar-refractivity contribution in [2.45, 2.75) is 39.2 Å². The van der Waals surface area contributed by atoms with E-state index in [-0.39, 0.29) is 0 Å². The van der Waals surface area contributed by atoms with Gasteiger partial charge in [0.15, 0.2) is 0 Å². The van der Waals surface area contributed by atoms with Gasteiger partial charge in [0.1, 0.15) is 0 Å². The van der Waals surface area contributed by atoms with Crippen LogP contribution in [0.2, 0.25) is 0 Å². The number of likely N-dealkylation sites (tertiary alicyclic amines) is 1. The maximum absolute atomic E-state index is 3.77. The van der Waals surface area contributed by atoms with Gasteiger partial charge in [0.05, 0.1) is 0 Å². The molecule has 2 heteroatoms. The number of hydrogen-bond acceptors (Lipinski definition) is 2. The van der Waals surface area contributed by atoms with Gasteiger partial charge in [-0.25, -0.2) is 0 Å². The molecule has 2 rings (SSSR count). The Labute approximate surface area is 118 Å². The van der Waals surface area contributed by atoms with E-state index in [1.807, 2.05) is 0 Å². The van der Waals surface area contributed by atoms with E-state index in [1.165, 1.54) is 43.6 Å². The summed E-state index contributed by atoms with van der Waals surface area (Å²) in [7, 11) is 2.23. The van der Waals surface area contributed by atoms with Gasteiger partial charge in [0.25, 0.3) is 0 Å². The van der Waals surface area contributed by atoms with Gasteiger partial charge < -0.3 is 10.2 Å². The summed E-state index contributed by atoms with van der Waals surface area (Å²) in [5.41, 5.74) is 2.77. The van der Waals surface area contributed by atoms with E-state index in [2.05, 4.69) is 55.4 Å². The number of aryl methyl sites for hydroxylation is 1. The molecule has 2 nitrogen and oxygen atoms in total. The SMILES string of the molecule is CCC(NCC1CCN(C)CC1)c1ccc(C)cc1. The fourth-order valence-electron chi connectivity index (χ4n) is 2.87. The minimum absolute atomic E-state index is 0.514. The molecule has 106 valence electrons. The largest absolute Gasteiger partial charge is 0.310 e. The van der Waals surface area contributed by atoms with E-state index >= 15 is 0 Å². The van der Waals surface area contributed by atoms with Crippen molar-refractivity contribution in [3.63, 3.8) is 0 Å². The van der Waals surface area contributed by atoms with Gasteiger partial charge in [-0.05, 0) is 64.3 Å². The zero-order valence-electron chi connectivity index (χ0n) is 12.7. The van der Waals surface area contributed by atoms with Crippen molar-refractivity contribution >= 4 is 0 Å². The van der Waals surface area contributed by atoms with Gasteiger partial charge in [-0.2, -0.15) is 0 Å². The fraction of sp³-hybridized carbons (Fsp3) is 0.647. The van der Waals surface area contributed by atoms with Crippen molar-refractivity contribution in [2.75, 3.05) is 26.7 Å². The van der Waals surface area contributed by atoms with Gasteiger partial charge in [0.2, 0.25) is 0 Å². The summed E-state index contributed by atoms with van der Waals surface area (Å²) in [6.45, 7) is 8.10. The highest BCUT2D eigenvalue weighted by Gasteiger charge is 2.18. The van der Waals surface area contributed by atoms with Crippen LogP contribution in [0.15, 0.2) is 24.3 Å². The molecule has 0 saturated carbocycles. The minimum Gasteiger partial charge on any atom is -0.310 e. The summed E-state index contributed by atoms with van der Waals surface area (Å²) in [5, 5.41) is 3.77. The second kappa shape index (κ2) is 7.06. The summed E-state index contributed by atoms with van der Waals surface area (Å²) in [6, 6.07) is 9.49. The Kier molecular flexibility index (Phi) is 5.41. The number of nitrogens with one attached hydrogen (secondary N) is 1. The molecule has 1 heterocycles. The molecule has 0 amide bonds. The van der Waals surface area contributed by atoms with Gasteiger partial charge in [0, 0.05) is 6.04 Å². The lowest BCUT2D eigenvalue weighted by molar-refractivity contribution is 0.212. The van der Waals surface area contributed by atoms with Crippen molar-refractivity contribution in [3.8, 4) is 0 Å². The monoisotopic (exact) mass is 260 g/mol. The Bertz CT molecular complexity index is 363. The molecule has 0 aromatic heterocycles. The number of piperidine rings is 1. The van der Waals surface area contributed by atoms with Gasteiger partial charge in [-0.15, -0.1) is 0 Å². The molecule has 1 saturated heterocycles. The normalized spacial score (nSPS) is 19.5. The highest BCUT2D eigenvalue weighted by Crippen LogP contribution is 2.20. The van der Waals surface area contributed by atoms with Crippen molar-refractivity contribution in [2.24, 2.45) is 5.92 Å². The molecule has 1 atom stereocenters. The highest BCUT2D eigenvalue weighted by molar-refractivity contribution is 5.24. The predicted octanol–water partition coefficient (Wildman–Crippen LogP) is 3.38. The smallest absolute Gasteiger partial charge is 0.0317 e. The molecule has 0 bridgehead atoms. The van der Waals surface area contributed by atoms with Crippen LogP contribution in [-0.2, 0) is 0 Å². The maximum atomic E-state index is 3.77.